The fourth-order valence-corrected chi connectivity index (χ4v) is 2.65. The Labute approximate surface area is 115 Å². The monoisotopic (exact) mass is 347 g/mol. The summed E-state index contributed by atoms with van der Waals surface area (Å²) in [7, 11) is 0. The fraction of sp³-hybridized carbons (Fsp3) is 0.667. The van der Waals surface area contributed by atoms with Crippen LogP contribution in [0.4, 0.5) is 0 Å². The molecule has 2 rings (SSSR count). The summed E-state index contributed by atoms with van der Waals surface area (Å²) in [4.78, 5) is 16.2. The Kier molecular flexibility index (Phi) is 4.55. The second kappa shape index (κ2) is 5.95. The van der Waals surface area contributed by atoms with Crippen LogP contribution in [-0.2, 0) is 6.54 Å². The maximum atomic E-state index is 12.0. The quantitative estimate of drug-likeness (QED) is 0.844. The van der Waals surface area contributed by atoms with Crippen molar-refractivity contribution in [1.29, 1.82) is 0 Å². The number of rotatable bonds is 3. The first-order valence-corrected chi connectivity index (χ1v) is 7.18. The number of aryl methyl sites for hydroxylation is 2. The van der Waals surface area contributed by atoms with E-state index in [2.05, 4.69) is 32.9 Å². The van der Waals surface area contributed by atoms with Gasteiger partial charge in [-0.2, -0.15) is 0 Å². The highest BCUT2D eigenvalue weighted by atomic mass is 127. The van der Waals surface area contributed by atoms with Crippen molar-refractivity contribution >= 4 is 22.6 Å². The van der Waals surface area contributed by atoms with E-state index in [-0.39, 0.29) is 5.56 Å². The van der Waals surface area contributed by atoms with Gasteiger partial charge in [0.15, 0.2) is 0 Å². The van der Waals surface area contributed by atoms with E-state index >= 15 is 0 Å². The highest BCUT2D eigenvalue weighted by molar-refractivity contribution is 14.1. The van der Waals surface area contributed by atoms with E-state index in [1.807, 2.05) is 6.92 Å². The number of aromatic nitrogens is 2. The minimum absolute atomic E-state index is 0.104. The zero-order valence-corrected chi connectivity index (χ0v) is 12.2. The van der Waals surface area contributed by atoms with Crippen molar-refractivity contribution in [2.45, 2.75) is 32.7 Å². The second-order valence-corrected chi connectivity index (χ2v) is 5.70. The number of nitrogens with zero attached hydrogens (tertiary/aromatic N) is 2. The molecule has 94 valence electrons. The van der Waals surface area contributed by atoms with Gasteiger partial charge in [-0.15, -0.1) is 0 Å². The summed E-state index contributed by atoms with van der Waals surface area (Å²) in [6.07, 6.45) is 5.22. The predicted molar refractivity (Wildman–Crippen MR) is 76.2 cm³/mol. The minimum Gasteiger partial charge on any atom is -0.317 e. The molecule has 17 heavy (non-hydrogen) atoms. The van der Waals surface area contributed by atoms with Gasteiger partial charge in [0.25, 0.3) is 5.56 Å². The molecule has 4 nitrogen and oxygen atoms in total. The zero-order valence-electron chi connectivity index (χ0n) is 10.1. The third kappa shape index (κ3) is 3.28. The van der Waals surface area contributed by atoms with Crippen LogP contribution in [-0.4, -0.2) is 22.6 Å². The summed E-state index contributed by atoms with van der Waals surface area (Å²) in [5.74, 6) is 0.752. The SMILES string of the molecule is Cc1ncn(CCC2CCNCC2)c(=O)c1I. The Hall–Kier alpha value is -0.430. The summed E-state index contributed by atoms with van der Waals surface area (Å²) in [5.41, 5.74) is 0.931. The first kappa shape index (κ1) is 13.0. The third-order valence-corrected chi connectivity index (χ3v) is 4.64. The maximum absolute atomic E-state index is 12.0. The Bertz CT molecular complexity index is 438. The van der Waals surface area contributed by atoms with Crippen molar-refractivity contribution in [3.05, 3.63) is 25.9 Å². The highest BCUT2D eigenvalue weighted by Gasteiger charge is 2.13. The first-order chi connectivity index (χ1) is 8.18. The molecule has 1 aromatic rings. The van der Waals surface area contributed by atoms with Crippen molar-refractivity contribution in [2.24, 2.45) is 5.92 Å². The molecule has 0 aliphatic carbocycles. The molecule has 0 amide bonds. The molecule has 1 fully saturated rings. The van der Waals surface area contributed by atoms with Gasteiger partial charge in [-0.3, -0.25) is 9.36 Å². The summed E-state index contributed by atoms with van der Waals surface area (Å²) in [6.45, 7) is 4.90. The molecule has 0 saturated carbocycles. The smallest absolute Gasteiger partial charge is 0.266 e. The molecule has 0 unspecified atom stereocenters. The van der Waals surface area contributed by atoms with Crippen LogP contribution in [0.3, 0.4) is 0 Å². The lowest BCUT2D eigenvalue weighted by Crippen LogP contribution is -2.30. The molecule has 1 aromatic heterocycles. The van der Waals surface area contributed by atoms with Gasteiger partial charge in [-0.1, -0.05) is 0 Å². The largest absolute Gasteiger partial charge is 0.317 e. The summed E-state index contributed by atoms with van der Waals surface area (Å²) >= 11 is 2.08. The van der Waals surface area contributed by atoms with Crippen LogP contribution in [0.15, 0.2) is 11.1 Å². The lowest BCUT2D eigenvalue weighted by atomic mass is 9.95. The van der Waals surface area contributed by atoms with Crippen LogP contribution >= 0.6 is 22.6 Å². The molecule has 1 N–H and O–H groups in total. The van der Waals surface area contributed by atoms with Gasteiger partial charge in [0.2, 0.25) is 0 Å². The van der Waals surface area contributed by atoms with Crippen molar-refractivity contribution in [3.8, 4) is 0 Å². The average Bonchev–Trinajstić information content (AvgIpc) is 2.36. The van der Waals surface area contributed by atoms with Crippen LogP contribution < -0.4 is 10.9 Å². The van der Waals surface area contributed by atoms with Crippen LogP contribution in [0.25, 0.3) is 0 Å². The number of nitrogens with one attached hydrogen (secondary N) is 1. The number of hydrogen-bond acceptors (Lipinski definition) is 3. The minimum atomic E-state index is 0.104. The Morgan fingerprint density at radius 1 is 1.53 bits per heavy atom. The van der Waals surface area contributed by atoms with Gasteiger partial charge in [-0.05, 0) is 67.8 Å². The van der Waals surface area contributed by atoms with Crippen LogP contribution in [0.2, 0.25) is 0 Å². The van der Waals surface area contributed by atoms with Crippen molar-refractivity contribution < 1.29 is 0 Å². The van der Waals surface area contributed by atoms with E-state index < -0.39 is 0 Å². The van der Waals surface area contributed by atoms with Gasteiger partial charge >= 0.3 is 0 Å². The van der Waals surface area contributed by atoms with Gasteiger partial charge in [0.05, 0.1) is 15.6 Å². The standard InChI is InChI=1S/C12H18IN3O/c1-9-11(13)12(17)16(8-15-9)7-4-10-2-5-14-6-3-10/h8,10,14H,2-7H2,1H3. The van der Waals surface area contributed by atoms with E-state index in [4.69, 9.17) is 0 Å². The highest BCUT2D eigenvalue weighted by Crippen LogP contribution is 2.16. The normalized spacial score (nSPS) is 17.3. The van der Waals surface area contributed by atoms with Crippen molar-refractivity contribution in [3.63, 3.8) is 0 Å². The Morgan fingerprint density at radius 2 is 2.24 bits per heavy atom. The lowest BCUT2D eigenvalue weighted by Gasteiger charge is -2.22. The van der Waals surface area contributed by atoms with Crippen molar-refractivity contribution in [2.75, 3.05) is 13.1 Å². The van der Waals surface area contributed by atoms with E-state index in [1.54, 1.807) is 10.9 Å². The summed E-state index contributed by atoms with van der Waals surface area (Å²) < 4.78 is 2.49. The molecule has 2 heterocycles. The molecular formula is C12H18IN3O. The Morgan fingerprint density at radius 3 is 2.94 bits per heavy atom. The molecule has 1 saturated heterocycles. The van der Waals surface area contributed by atoms with Crippen LogP contribution in [0, 0.1) is 16.4 Å². The molecule has 1 aliphatic rings. The molecular weight excluding hydrogens is 329 g/mol. The number of hydrogen-bond donors (Lipinski definition) is 1. The maximum Gasteiger partial charge on any atom is 0.266 e. The summed E-state index contributed by atoms with van der Waals surface area (Å²) in [6, 6.07) is 0. The zero-order chi connectivity index (χ0) is 12.3. The van der Waals surface area contributed by atoms with Gasteiger partial charge < -0.3 is 5.32 Å². The van der Waals surface area contributed by atoms with E-state index in [1.165, 1.54) is 12.8 Å². The van der Waals surface area contributed by atoms with Crippen LogP contribution in [0.1, 0.15) is 25.0 Å². The molecule has 5 heteroatoms. The van der Waals surface area contributed by atoms with Crippen molar-refractivity contribution in [1.82, 2.24) is 14.9 Å². The van der Waals surface area contributed by atoms with Gasteiger partial charge in [-0.25, -0.2) is 4.98 Å². The molecule has 0 spiro atoms. The lowest BCUT2D eigenvalue weighted by molar-refractivity contribution is 0.335. The van der Waals surface area contributed by atoms with Crippen LogP contribution in [0.5, 0.6) is 0 Å². The molecule has 1 aliphatic heterocycles. The third-order valence-electron chi connectivity index (χ3n) is 3.39. The average molecular weight is 347 g/mol. The van der Waals surface area contributed by atoms with Gasteiger partial charge in [0.1, 0.15) is 0 Å². The van der Waals surface area contributed by atoms with E-state index in [9.17, 15) is 4.79 Å². The summed E-state index contributed by atoms with van der Waals surface area (Å²) in [5, 5.41) is 3.36. The molecule has 0 atom stereocenters. The van der Waals surface area contributed by atoms with E-state index in [0.29, 0.717) is 0 Å². The number of halogens is 1. The fourth-order valence-electron chi connectivity index (χ4n) is 2.20. The molecule has 0 radical (unpaired) electrons. The second-order valence-electron chi connectivity index (χ2n) is 4.62. The Balaban J connectivity index is 1.99. The topological polar surface area (TPSA) is 46.9 Å². The molecule has 0 aromatic carbocycles. The van der Waals surface area contributed by atoms with Gasteiger partial charge in [0, 0.05) is 6.54 Å². The number of piperidine rings is 1. The predicted octanol–water partition coefficient (Wildman–Crippen LogP) is 1.55. The first-order valence-electron chi connectivity index (χ1n) is 6.10. The van der Waals surface area contributed by atoms with E-state index in [0.717, 1.165) is 41.2 Å². The molecule has 0 bridgehead atoms.